The Morgan fingerprint density at radius 2 is 1.73 bits per heavy atom. The molecule has 3 aromatic rings. The molecule has 0 bridgehead atoms. The molecule has 1 aliphatic carbocycles. The lowest BCUT2D eigenvalue weighted by Gasteiger charge is -2.08. The highest BCUT2D eigenvalue weighted by Gasteiger charge is 2.43. The molecule has 0 N–H and O–H groups in total. The summed E-state index contributed by atoms with van der Waals surface area (Å²) in [6.45, 7) is 0.246. The molecule has 0 heterocycles. The maximum atomic E-state index is 10.8. The van der Waals surface area contributed by atoms with E-state index in [0.717, 1.165) is 32.8 Å². The van der Waals surface area contributed by atoms with Crippen LogP contribution in [0.5, 0.6) is 0 Å². The van der Waals surface area contributed by atoms with Crippen molar-refractivity contribution in [2.24, 2.45) is 11.1 Å². The number of rotatable bonds is 7. The van der Waals surface area contributed by atoms with Gasteiger partial charge in [0.15, 0.2) is 0 Å². The predicted molar refractivity (Wildman–Crippen MR) is 121 cm³/mol. The van der Waals surface area contributed by atoms with Crippen molar-refractivity contribution in [3.63, 3.8) is 0 Å². The van der Waals surface area contributed by atoms with Gasteiger partial charge in [-0.05, 0) is 65.4 Å². The number of benzene rings is 3. The van der Waals surface area contributed by atoms with Crippen LogP contribution in [-0.4, -0.2) is 10.6 Å². The van der Waals surface area contributed by atoms with Crippen molar-refractivity contribution in [2.75, 3.05) is 0 Å². The Morgan fingerprint density at radius 1 is 1.07 bits per heavy atom. The third kappa shape index (κ3) is 4.89. The van der Waals surface area contributed by atoms with Crippen LogP contribution in [0.15, 0.2) is 82.4 Å². The van der Waals surface area contributed by atoms with Crippen LogP contribution in [-0.2, 0) is 11.4 Å². The average molecular weight is 486 g/mol. The Balaban J connectivity index is 1.51. The zero-order valence-corrected chi connectivity index (χ0v) is 18.2. The molecule has 0 aliphatic heterocycles. The lowest BCUT2D eigenvalue weighted by atomic mass is 10.0. The Labute approximate surface area is 187 Å². The first-order chi connectivity index (χ1) is 14.5. The van der Waals surface area contributed by atoms with Crippen molar-refractivity contribution in [1.82, 2.24) is 0 Å². The fourth-order valence-corrected chi connectivity index (χ4v) is 3.81. The van der Waals surface area contributed by atoms with Gasteiger partial charge in [0.25, 0.3) is 5.69 Å². The molecule has 1 fully saturated rings. The second-order valence-electron chi connectivity index (χ2n) is 7.18. The van der Waals surface area contributed by atoms with Gasteiger partial charge in [0.2, 0.25) is 0 Å². The molecule has 30 heavy (non-hydrogen) atoms. The number of hydrogen-bond donors (Lipinski definition) is 0. The zero-order valence-electron chi connectivity index (χ0n) is 15.9. The second kappa shape index (κ2) is 8.98. The molecule has 0 amide bonds. The minimum absolute atomic E-state index is 0.0570. The first kappa shape index (κ1) is 20.6. The van der Waals surface area contributed by atoms with Gasteiger partial charge in [0.1, 0.15) is 6.61 Å². The van der Waals surface area contributed by atoms with E-state index in [4.69, 9.17) is 16.4 Å². The second-order valence-corrected chi connectivity index (χ2v) is 8.53. The van der Waals surface area contributed by atoms with E-state index in [0.29, 0.717) is 5.92 Å². The van der Waals surface area contributed by atoms with Crippen molar-refractivity contribution in [3.8, 4) is 0 Å². The topological polar surface area (TPSA) is 64.7 Å². The van der Waals surface area contributed by atoms with Crippen LogP contribution in [0.2, 0.25) is 5.02 Å². The normalized spacial score (nSPS) is 18.1. The van der Waals surface area contributed by atoms with Crippen LogP contribution < -0.4 is 0 Å². The Bertz CT molecular complexity index is 1070. The van der Waals surface area contributed by atoms with Crippen LogP contribution in [0.3, 0.4) is 0 Å². The average Bonchev–Trinajstić information content (AvgIpc) is 3.53. The van der Waals surface area contributed by atoms with Crippen molar-refractivity contribution < 1.29 is 9.76 Å². The van der Waals surface area contributed by atoms with E-state index in [1.54, 1.807) is 12.1 Å². The van der Waals surface area contributed by atoms with E-state index in [2.05, 4.69) is 33.2 Å². The highest BCUT2D eigenvalue weighted by Crippen LogP contribution is 2.49. The summed E-state index contributed by atoms with van der Waals surface area (Å²) in [7, 11) is 0. The molecule has 0 aromatic heterocycles. The molecule has 3 aromatic carbocycles. The van der Waals surface area contributed by atoms with Gasteiger partial charge >= 0.3 is 0 Å². The van der Waals surface area contributed by atoms with Gasteiger partial charge in [-0.1, -0.05) is 57.0 Å². The number of nitro benzene ring substituents is 1. The minimum atomic E-state index is -0.418. The molecule has 0 spiro atoms. The van der Waals surface area contributed by atoms with E-state index in [9.17, 15) is 10.1 Å². The summed E-state index contributed by atoms with van der Waals surface area (Å²) < 4.78 is 1.00. The smallest absolute Gasteiger partial charge is 0.269 e. The Kier molecular flexibility index (Phi) is 6.16. The minimum Gasteiger partial charge on any atom is -0.391 e. The molecule has 0 radical (unpaired) electrons. The maximum absolute atomic E-state index is 10.8. The van der Waals surface area contributed by atoms with Crippen LogP contribution in [0, 0.1) is 16.0 Å². The maximum Gasteiger partial charge on any atom is 0.269 e. The molecule has 0 unspecified atom stereocenters. The van der Waals surface area contributed by atoms with Gasteiger partial charge in [-0.25, -0.2) is 0 Å². The van der Waals surface area contributed by atoms with E-state index in [1.165, 1.54) is 17.7 Å². The van der Waals surface area contributed by atoms with Gasteiger partial charge in [-0.15, -0.1) is 0 Å². The first-order valence-corrected chi connectivity index (χ1v) is 10.6. The summed E-state index contributed by atoms with van der Waals surface area (Å²) >= 11 is 9.48. The van der Waals surface area contributed by atoms with Gasteiger partial charge in [-0.3, -0.25) is 10.1 Å². The number of non-ortho nitro benzene ring substituents is 1. The molecular formula is C23H18BrClN2O3. The van der Waals surface area contributed by atoms with Crippen molar-refractivity contribution >= 4 is 38.9 Å². The Hall–Kier alpha value is -2.70. The summed E-state index contributed by atoms with van der Waals surface area (Å²) in [5.41, 5.74) is 4.04. The molecule has 152 valence electrons. The molecule has 1 saturated carbocycles. The fourth-order valence-electron chi connectivity index (χ4n) is 3.42. The van der Waals surface area contributed by atoms with E-state index in [-0.39, 0.29) is 18.2 Å². The zero-order chi connectivity index (χ0) is 21.1. The standard InChI is InChI=1S/C23H18BrClN2O3/c24-18-7-3-17(4-8-18)23(22-13-21(22)16-5-9-19(25)10-6-16)26-30-14-15-1-11-20(12-2-15)27(28)29/h1-12,21-22H,13-14H2/b26-23-/t21-,22+/m1/s1. The highest BCUT2D eigenvalue weighted by molar-refractivity contribution is 9.10. The van der Waals surface area contributed by atoms with Crippen LogP contribution in [0.4, 0.5) is 5.69 Å². The molecule has 7 heteroatoms. The first-order valence-electron chi connectivity index (χ1n) is 9.46. The predicted octanol–water partition coefficient (Wildman–Crippen LogP) is 6.74. The van der Waals surface area contributed by atoms with Crippen molar-refractivity contribution in [2.45, 2.75) is 18.9 Å². The molecule has 2 atom stereocenters. The third-order valence-electron chi connectivity index (χ3n) is 5.12. The quantitative estimate of drug-likeness (QED) is 0.211. The van der Waals surface area contributed by atoms with Crippen LogP contribution in [0.25, 0.3) is 0 Å². The number of oxime groups is 1. The van der Waals surface area contributed by atoms with Gasteiger partial charge < -0.3 is 4.84 Å². The molecular weight excluding hydrogens is 468 g/mol. The largest absolute Gasteiger partial charge is 0.391 e. The summed E-state index contributed by atoms with van der Waals surface area (Å²) in [6.07, 6.45) is 0.997. The van der Waals surface area contributed by atoms with Crippen molar-refractivity contribution in [1.29, 1.82) is 0 Å². The van der Waals surface area contributed by atoms with E-state index in [1.807, 2.05) is 36.4 Å². The lowest BCUT2D eigenvalue weighted by Crippen LogP contribution is -2.06. The summed E-state index contributed by atoms with van der Waals surface area (Å²) in [5.74, 6) is 0.650. The van der Waals surface area contributed by atoms with Gasteiger partial charge in [-0.2, -0.15) is 0 Å². The molecule has 4 rings (SSSR count). The van der Waals surface area contributed by atoms with Crippen molar-refractivity contribution in [3.05, 3.63) is 109 Å². The van der Waals surface area contributed by atoms with E-state index >= 15 is 0 Å². The van der Waals surface area contributed by atoms with Gasteiger partial charge in [0, 0.05) is 27.5 Å². The summed E-state index contributed by atoms with van der Waals surface area (Å²) in [6, 6.07) is 22.3. The van der Waals surface area contributed by atoms with Crippen LogP contribution >= 0.6 is 27.5 Å². The van der Waals surface area contributed by atoms with Gasteiger partial charge in [0.05, 0.1) is 10.6 Å². The SMILES string of the molecule is O=[N+]([O-])c1ccc(CO/N=C(/c2ccc(Br)cc2)[C@H]2C[C@@H]2c2ccc(Cl)cc2)cc1. The highest BCUT2D eigenvalue weighted by atomic mass is 79.9. The summed E-state index contributed by atoms with van der Waals surface area (Å²) in [5, 5.41) is 16.0. The number of nitrogens with zero attached hydrogens (tertiary/aromatic N) is 2. The summed E-state index contributed by atoms with van der Waals surface area (Å²) in [4.78, 5) is 16.0. The third-order valence-corrected chi connectivity index (χ3v) is 5.90. The van der Waals surface area contributed by atoms with Crippen LogP contribution in [0.1, 0.15) is 29.0 Å². The molecule has 5 nitrogen and oxygen atoms in total. The Morgan fingerprint density at radius 3 is 2.37 bits per heavy atom. The molecule has 0 saturated heterocycles. The number of halogens is 2. The number of hydrogen-bond acceptors (Lipinski definition) is 4. The van der Waals surface area contributed by atoms with E-state index < -0.39 is 4.92 Å². The molecule has 1 aliphatic rings. The lowest BCUT2D eigenvalue weighted by molar-refractivity contribution is -0.384. The fraction of sp³-hybridized carbons (Fsp3) is 0.174. The number of nitro groups is 1. The monoisotopic (exact) mass is 484 g/mol.